The van der Waals surface area contributed by atoms with E-state index in [4.69, 9.17) is 0 Å². The molecule has 0 aromatic carbocycles. The molecule has 0 aromatic rings. The van der Waals surface area contributed by atoms with Gasteiger partial charge < -0.3 is 15.5 Å². The SMILES string of the molecule is CN=C(NCCC1CCN(C)CC1)NCC1CC1. The number of nitrogens with one attached hydrogen (secondary N) is 2. The Kier molecular flexibility index (Phi) is 5.29. The third-order valence-corrected chi connectivity index (χ3v) is 4.16. The van der Waals surface area contributed by atoms with Gasteiger partial charge in [-0.1, -0.05) is 0 Å². The highest BCUT2D eigenvalue weighted by molar-refractivity contribution is 5.79. The Morgan fingerprint density at radius 1 is 1.11 bits per heavy atom. The van der Waals surface area contributed by atoms with Gasteiger partial charge >= 0.3 is 0 Å². The van der Waals surface area contributed by atoms with Crippen molar-refractivity contribution in [2.45, 2.75) is 32.1 Å². The molecule has 0 atom stereocenters. The van der Waals surface area contributed by atoms with Gasteiger partial charge in [-0.15, -0.1) is 0 Å². The summed E-state index contributed by atoms with van der Waals surface area (Å²) >= 11 is 0. The fourth-order valence-corrected chi connectivity index (χ4v) is 2.53. The molecule has 1 heterocycles. The van der Waals surface area contributed by atoms with Crippen molar-refractivity contribution in [3.8, 4) is 0 Å². The summed E-state index contributed by atoms with van der Waals surface area (Å²) in [6.45, 7) is 4.67. The van der Waals surface area contributed by atoms with Crippen molar-refractivity contribution in [2.24, 2.45) is 16.8 Å². The molecule has 2 rings (SSSR count). The molecule has 2 aliphatic rings. The number of nitrogens with zero attached hydrogens (tertiary/aromatic N) is 2. The van der Waals surface area contributed by atoms with Crippen LogP contribution in [0.15, 0.2) is 4.99 Å². The molecule has 104 valence electrons. The maximum atomic E-state index is 4.27. The molecular weight excluding hydrogens is 224 g/mol. The Morgan fingerprint density at radius 2 is 1.83 bits per heavy atom. The largest absolute Gasteiger partial charge is 0.356 e. The molecule has 0 spiro atoms. The molecule has 2 fully saturated rings. The van der Waals surface area contributed by atoms with E-state index >= 15 is 0 Å². The van der Waals surface area contributed by atoms with E-state index in [9.17, 15) is 0 Å². The molecule has 0 aromatic heterocycles. The van der Waals surface area contributed by atoms with Crippen molar-refractivity contribution in [1.29, 1.82) is 0 Å². The molecule has 0 amide bonds. The third-order valence-electron chi connectivity index (χ3n) is 4.16. The van der Waals surface area contributed by atoms with Gasteiger partial charge in [-0.25, -0.2) is 0 Å². The van der Waals surface area contributed by atoms with Gasteiger partial charge in [0.25, 0.3) is 0 Å². The average molecular weight is 252 g/mol. The van der Waals surface area contributed by atoms with E-state index in [-0.39, 0.29) is 0 Å². The van der Waals surface area contributed by atoms with Gasteiger partial charge in [0, 0.05) is 20.1 Å². The Labute approximate surface area is 111 Å². The van der Waals surface area contributed by atoms with E-state index in [1.54, 1.807) is 0 Å². The van der Waals surface area contributed by atoms with Crippen LogP contribution in [0.2, 0.25) is 0 Å². The van der Waals surface area contributed by atoms with Crippen molar-refractivity contribution >= 4 is 5.96 Å². The lowest BCUT2D eigenvalue weighted by Crippen LogP contribution is -2.39. The van der Waals surface area contributed by atoms with E-state index in [2.05, 4.69) is 27.6 Å². The molecule has 0 unspecified atom stereocenters. The van der Waals surface area contributed by atoms with E-state index in [0.29, 0.717) is 0 Å². The third kappa shape index (κ3) is 4.84. The molecule has 4 nitrogen and oxygen atoms in total. The molecule has 1 saturated carbocycles. The number of hydrogen-bond acceptors (Lipinski definition) is 2. The van der Waals surface area contributed by atoms with Crippen LogP contribution in [0.4, 0.5) is 0 Å². The Balaban J connectivity index is 1.55. The topological polar surface area (TPSA) is 39.7 Å². The zero-order chi connectivity index (χ0) is 12.8. The van der Waals surface area contributed by atoms with Gasteiger partial charge in [0.2, 0.25) is 0 Å². The summed E-state index contributed by atoms with van der Waals surface area (Å²) in [5.74, 6) is 2.78. The lowest BCUT2D eigenvalue weighted by molar-refractivity contribution is 0.213. The first-order valence-electron chi connectivity index (χ1n) is 7.41. The number of piperidine rings is 1. The predicted octanol–water partition coefficient (Wildman–Crippen LogP) is 1.29. The van der Waals surface area contributed by atoms with Crippen LogP contribution in [0, 0.1) is 11.8 Å². The summed E-state index contributed by atoms with van der Waals surface area (Å²) in [6, 6.07) is 0. The van der Waals surface area contributed by atoms with Crippen LogP contribution in [0.3, 0.4) is 0 Å². The summed E-state index contributed by atoms with van der Waals surface area (Å²) < 4.78 is 0. The van der Waals surface area contributed by atoms with Gasteiger partial charge in [-0.05, 0) is 64.1 Å². The first-order valence-corrected chi connectivity index (χ1v) is 7.41. The number of hydrogen-bond donors (Lipinski definition) is 2. The second-order valence-corrected chi connectivity index (χ2v) is 5.86. The van der Waals surface area contributed by atoms with Crippen molar-refractivity contribution < 1.29 is 0 Å². The summed E-state index contributed by atoms with van der Waals surface area (Å²) in [5.41, 5.74) is 0. The maximum Gasteiger partial charge on any atom is 0.190 e. The zero-order valence-electron chi connectivity index (χ0n) is 11.9. The summed E-state index contributed by atoms with van der Waals surface area (Å²) in [6.07, 6.45) is 6.76. The molecular formula is C14H28N4. The molecule has 0 bridgehead atoms. The Hall–Kier alpha value is -0.770. The van der Waals surface area contributed by atoms with E-state index < -0.39 is 0 Å². The van der Waals surface area contributed by atoms with Crippen LogP contribution in [0.25, 0.3) is 0 Å². The van der Waals surface area contributed by atoms with Crippen LogP contribution in [-0.2, 0) is 0 Å². The van der Waals surface area contributed by atoms with Crippen LogP contribution in [0.1, 0.15) is 32.1 Å². The highest BCUT2D eigenvalue weighted by atomic mass is 15.2. The Morgan fingerprint density at radius 3 is 2.44 bits per heavy atom. The quantitative estimate of drug-likeness (QED) is 0.572. The lowest BCUT2D eigenvalue weighted by Gasteiger charge is -2.29. The summed E-state index contributed by atoms with van der Waals surface area (Å²) in [4.78, 5) is 6.70. The lowest BCUT2D eigenvalue weighted by atomic mass is 9.94. The van der Waals surface area contributed by atoms with Crippen molar-refractivity contribution in [2.75, 3.05) is 40.3 Å². The predicted molar refractivity (Wildman–Crippen MR) is 76.9 cm³/mol. The molecule has 18 heavy (non-hydrogen) atoms. The van der Waals surface area contributed by atoms with Gasteiger partial charge in [0.05, 0.1) is 0 Å². The fraction of sp³-hybridized carbons (Fsp3) is 0.929. The second kappa shape index (κ2) is 6.98. The normalized spacial score (nSPS) is 23.1. The maximum absolute atomic E-state index is 4.27. The summed E-state index contributed by atoms with van der Waals surface area (Å²) in [5, 5.41) is 6.84. The van der Waals surface area contributed by atoms with Crippen LogP contribution in [-0.4, -0.2) is 51.1 Å². The zero-order valence-corrected chi connectivity index (χ0v) is 11.9. The number of rotatable bonds is 5. The highest BCUT2D eigenvalue weighted by Gasteiger charge is 2.21. The first-order chi connectivity index (χ1) is 8.78. The van der Waals surface area contributed by atoms with Crippen molar-refractivity contribution in [3.63, 3.8) is 0 Å². The van der Waals surface area contributed by atoms with E-state index in [1.807, 2.05) is 7.05 Å². The molecule has 1 aliphatic carbocycles. The standard InChI is InChI=1S/C14H28N4/c1-15-14(17-11-13-3-4-13)16-8-5-12-6-9-18(2)10-7-12/h12-13H,3-11H2,1-2H3,(H2,15,16,17). The van der Waals surface area contributed by atoms with E-state index in [0.717, 1.165) is 30.9 Å². The van der Waals surface area contributed by atoms with E-state index in [1.165, 1.54) is 45.2 Å². The molecule has 0 radical (unpaired) electrons. The monoisotopic (exact) mass is 252 g/mol. The Bertz CT molecular complexity index is 265. The molecule has 1 aliphatic heterocycles. The van der Waals surface area contributed by atoms with Gasteiger partial charge in [-0.2, -0.15) is 0 Å². The van der Waals surface area contributed by atoms with Crippen molar-refractivity contribution in [1.82, 2.24) is 15.5 Å². The minimum absolute atomic E-state index is 0.898. The minimum atomic E-state index is 0.898. The van der Waals surface area contributed by atoms with Gasteiger partial charge in [-0.3, -0.25) is 4.99 Å². The molecule has 1 saturated heterocycles. The minimum Gasteiger partial charge on any atom is -0.356 e. The smallest absolute Gasteiger partial charge is 0.190 e. The summed E-state index contributed by atoms with van der Waals surface area (Å²) in [7, 11) is 4.08. The number of guanidine groups is 1. The van der Waals surface area contributed by atoms with Crippen molar-refractivity contribution in [3.05, 3.63) is 0 Å². The fourth-order valence-electron chi connectivity index (χ4n) is 2.53. The van der Waals surface area contributed by atoms with Crippen LogP contribution in [0.5, 0.6) is 0 Å². The van der Waals surface area contributed by atoms with Crippen LogP contribution < -0.4 is 10.6 Å². The first kappa shape index (κ1) is 13.7. The van der Waals surface area contributed by atoms with Gasteiger partial charge in [0.1, 0.15) is 0 Å². The van der Waals surface area contributed by atoms with Gasteiger partial charge in [0.15, 0.2) is 5.96 Å². The molecule has 2 N–H and O–H groups in total. The number of aliphatic imine (C=N–C) groups is 1. The highest BCUT2D eigenvalue weighted by Crippen LogP contribution is 2.27. The van der Waals surface area contributed by atoms with Crippen LogP contribution >= 0.6 is 0 Å². The number of likely N-dealkylation sites (tertiary alicyclic amines) is 1. The molecule has 4 heteroatoms. The average Bonchev–Trinajstić information content (AvgIpc) is 3.20. The second-order valence-electron chi connectivity index (χ2n) is 5.86.